The molecule has 2 aliphatic carbocycles. The molecule has 0 aromatic heterocycles. The van der Waals surface area contributed by atoms with Crippen LogP contribution in [0.3, 0.4) is 0 Å². The van der Waals surface area contributed by atoms with E-state index in [-0.39, 0.29) is 11.8 Å². The lowest BCUT2D eigenvalue weighted by atomic mass is 9.94. The number of hydrogen-bond donors (Lipinski definition) is 1. The molecule has 0 spiro atoms. The van der Waals surface area contributed by atoms with E-state index >= 15 is 0 Å². The first-order valence-electron chi connectivity index (χ1n) is 9.58. The minimum atomic E-state index is -3.26. The van der Waals surface area contributed by atoms with Gasteiger partial charge in [0.05, 0.1) is 17.3 Å². The highest BCUT2D eigenvalue weighted by Crippen LogP contribution is 2.47. The second-order valence-electron chi connectivity index (χ2n) is 7.70. The summed E-state index contributed by atoms with van der Waals surface area (Å²) in [6.45, 7) is 2.84. The maximum atomic E-state index is 12.7. The summed E-state index contributed by atoms with van der Waals surface area (Å²) in [6, 6.07) is 9.20. The van der Waals surface area contributed by atoms with Crippen LogP contribution in [0.5, 0.6) is 0 Å². The van der Waals surface area contributed by atoms with Crippen molar-refractivity contribution < 1.29 is 13.2 Å². The zero-order valence-electron chi connectivity index (χ0n) is 15.4. The molecule has 25 heavy (non-hydrogen) atoms. The molecule has 0 bridgehead atoms. The van der Waals surface area contributed by atoms with Crippen LogP contribution in [0.25, 0.3) is 0 Å². The van der Waals surface area contributed by atoms with Crippen LogP contribution in [0.4, 0.5) is 0 Å². The molecule has 1 aromatic rings. The van der Waals surface area contributed by atoms with Crippen molar-refractivity contribution in [1.82, 2.24) is 5.32 Å². The SMILES string of the molecule is CC[C@@H](CS(=O)(=O)c1ccccc1)NC1[C@@H](COC)C[C@H]2CCC[C@@H]12. The van der Waals surface area contributed by atoms with E-state index in [1.165, 1.54) is 25.7 Å². The molecule has 5 heteroatoms. The lowest BCUT2D eigenvalue weighted by molar-refractivity contribution is 0.131. The fraction of sp³-hybridized carbons (Fsp3) is 0.700. The normalized spacial score (nSPS) is 30.3. The Hall–Kier alpha value is -0.910. The first-order valence-corrected chi connectivity index (χ1v) is 11.2. The molecule has 4 nitrogen and oxygen atoms in total. The Morgan fingerprint density at radius 2 is 2.00 bits per heavy atom. The maximum Gasteiger partial charge on any atom is 0.179 e. The topological polar surface area (TPSA) is 55.4 Å². The van der Waals surface area contributed by atoms with E-state index in [0.717, 1.165) is 18.9 Å². The maximum absolute atomic E-state index is 12.7. The minimum Gasteiger partial charge on any atom is -0.384 e. The van der Waals surface area contributed by atoms with Gasteiger partial charge in [0.25, 0.3) is 0 Å². The third kappa shape index (κ3) is 4.26. The smallest absolute Gasteiger partial charge is 0.179 e. The molecular formula is C20H31NO3S. The lowest BCUT2D eigenvalue weighted by Crippen LogP contribution is -2.47. The first-order chi connectivity index (χ1) is 12.0. The third-order valence-electron chi connectivity index (χ3n) is 6.12. The van der Waals surface area contributed by atoms with E-state index in [1.54, 1.807) is 31.4 Å². The number of methoxy groups -OCH3 is 1. The standard InChI is InChI=1S/C20H31NO3S/c1-3-17(14-25(22,23)18-9-5-4-6-10-18)21-20-16(13-24-2)12-15-8-7-11-19(15)20/h4-6,9-10,15-17,19-21H,3,7-8,11-14H2,1-2H3/t15-,16-,17+,19-,20?/m1/s1. The van der Waals surface area contributed by atoms with Crippen LogP contribution < -0.4 is 5.32 Å². The van der Waals surface area contributed by atoms with Gasteiger partial charge in [-0.05, 0) is 49.1 Å². The minimum absolute atomic E-state index is 0.00564. The molecule has 0 aliphatic heterocycles. The molecule has 5 atom stereocenters. The summed E-state index contributed by atoms with van der Waals surface area (Å²) >= 11 is 0. The van der Waals surface area contributed by atoms with Gasteiger partial charge in [0, 0.05) is 19.2 Å². The van der Waals surface area contributed by atoms with Crippen LogP contribution >= 0.6 is 0 Å². The van der Waals surface area contributed by atoms with Gasteiger partial charge in [-0.1, -0.05) is 38.0 Å². The number of ether oxygens (including phenoxy) is 1. The molecule has 2 fully saturated rings. The third-order valence-corrected chi connectivity index (χ3v) is 7.95. The molecule has 0 heterocycles. The molecule has 1 N–H and O–H groups in total. The number of sulfone groups is 1. The first kappa shape index (κ1) is 18.9. The summed E-state index contributed by atoms with van der Waals surface area (Å²) in [5.41, 5.74) is 0. The number of benzene rings is 1. The van der Waals surface area contributed by atoms with Crippen LogP contribution in [0.2, 0.25) is 0 Å². The van der Waals surface area contributed by atoms with Gasteiger partial charge >= 0.3 is 0 Å². The van der Waals surface area contributed by atoms with Gasteiger partial charge in [0.1, 0.15) is 0 Å². The van der Waals surface area contributed by atoms with Gasteiger partial charge in [-0.15, -0.1) is 0 Å². The summed E-state index contributed by atoms with van der Waals surface area (Å²) in [5, 5.41) is 3.74. The highest BCUT2D eigenvalue weighted by molar-refractivity contribution is 7.91. The van der Waals surface area contributed by atoms with E-state index in [4.69, 9.17) is 4.74 Å². The average molecular weight is 366 g/mol. The van der Waals surface area contributed by atoms with Gasteiger partial charge in [-0.2, -0.15) is 0 Å². The highest BCUT2D eigenvalue weighted by atomic mass is 32.2. The van der Waals surface area contributed by atoms with E-state index in [2.05, 4.69) is 12.2 Å². The molecule has 2 aliphatic rings. The van der Waals surface area contributed by atoms with Crippen molar-refractivity contribution in [2.45, 2.75) is 56.0 Å². The quantitative estimate of drug-likeness (QED) is 0.768. The molecule has 0 radical (unpaired) electrons. The van der Waals surface area contributed by atoms with E-state index < -0.39 is 9.84 Å². The monoisotopic (exact) mass is 365 g/mol. The Balaban J connectivity index is 1.70. The van der Waals surface area contributed by atoms with E-state index in [0.29, 0.717) is 22.8 Å². The second-order valence-corrected chi connectivity index (χ2v) is 9.73. The van der Waals surface area contributed by atoms with Crippen molar-refractivity contribution in [2.24, 2.45) is 17.8 Å². The number of rotatable bonds is 8. The zero-order chi connectivity index (χ0) is 17.9. The zero-order valence-corrected chi connectivity index (χ0v) is 16.2. The summed E-state index contributed by atoms with van der Waals surface area (Å²) in [4.78, 5) is 0.425. The molecule has 3 rings (SSSR count). The largest absolute Gasteiger partial charge is 0.384 e. The van der Waals surface area contributed by atoms with Gasteiger partial charge in [0.2, 0.25) is 0 Å². The second kappa shape index (κ2) is 8.19. The van der Waals surface area contributed by atoms with Crippen LogP contribution in [-0.2, 0) is 14.6 Å². The van der Waals surface area contributed by atoms with Crippen molar-refractivity contribution >= 4 is 9.84 Å². The molecule has 140 valence electrons. The number of hydrogen-bond acceptors (Lipinski definition) is 4. The van der Waals surface area contributed by atoms with Crippen molar-refractivity contribution in [3.8, 4) is 0 Å². The Morgan fingerprint density at radius 1 is 1.24 bits per heavy atom. The Labute approximate surface area is 152 Å². The van der Waals surface area contributed by atoms with Crippen molar-refractivity contribution in [3.63, 3.8) is 0 Å². The Bertz CT molecular complexity index is 646. The lowest BCUT2D eigenvalue weighted by Gasteiger charge is -2.30. The molecule has 0 saturated heterocycles. The van der Waals surface area contributed by atoms with Crippen LogP contribution in [0.15, 0.2) is 35.2 Å². The van der Waals surface area contributed by atoms with Crippen molar-refractivity contribution in [3.05, 3.63) is 30.3 Å². The summed E-state index contributed by atoms with van der Waals surface area (Å²) in [5.74, 6) is 2.16. The summed E-state index contributed by atoms with van der Waals surface area (Å²) in [6.07, 6.45) is 5.94. The Kier molecular flexibility index (Phi) is 6.18. The van der Waals surface area contributed by atoms with E-state index in [1.807, 2.05) is 6.07 Å². The molecular weight excluding hydrogens is 334 g/mol. The van der Waals surface area contributed by atoms with Crippen molar-refractivity contribution in [1.29, 1.82) is 0 Å². The fourth-order valence-corrected chi connectivity index (χ4v) is 6.53. The molecule has 1 aromatic carbocycles. The van der Waals surface area contributed by atoms with Gasteiger partial charge < -0.3 is 10.1 Å². The van der Waals surface area contributed by atoms with Crippen LogP contribution in [0.1, 0.15) is 39.0 Å². The molecule has 0 amide bonds. The molecule has 1 unspecified atom stereocenters. The summed E-state index contributed by atoms with van der Waals surface area (Å²) < 4.78 is 30.9. The summed E-state index contributed by atoms with van der Waals surface area (Å²) in [7, 11) is -1.49. The van der Waals surface area contributed by atoms with E-state index in [9.17, 15) is 8.42 Å². The van der Waals surface area contributed by atoms with Crippen LogP contribution in [0, 0.1) is 17.8 Å². The average Bonchev–Trinajstić information content (AvgIpc) is 3.18. The number of fused-ring (bicyclic) bond motifs is 1. The van der Waals surface area contributed by atoms with Gasteiger partial charge in [-0.3, -0.25) is 0 Å². The predicted octanol–water partition coefficient (Wildman–Crippen LogP) is 3.28. The Morgan fingerprint density at radius 3 is 2.68 bits per heavy atom. The van der Waals surface area contributed by atoms with Crippen molar-refractivity contribution in [2.75, 3.05) is 19.5 Å². The predicted molar refractivity (Wildman–Crippen MR) is 100 cm³/mol. The van der Waals surface area contributed by atoms with Gasteiger partial charge in [-0.25, -0.2) is 8.42 Å². The molecule has 2 saturated carbocycles. The number of nitrogens with one attached hydrogen (secondary N) is 1. The highest BCUT2D eigenvalue weighted by Gasteiger charge is 2.45. The van der Waals surface area contributed by atoms with Crippen LogP contribution in [-0.4, -0.2) is 40.0 Å². The van der Waals surface area contributed by atoms with Gasteiger partial charge in [0.15, 0.2) is 9.84 Å². The fourth-order valence-electron chi connectivity index (χ4n) is 4.91.